The number of aliphatic hydroxyl groups excluding tert-OH is 1. The molecule has 11 nitrogen and oxygen atoms in total. The molecule has 5 rings (SSSR count). The number of hydrogen-bond acceptors (Lipinski definition) is 8. The number of hydrogen-bond donors (Lipinski definition) is 3. The number of benzene rings is 3. The Kier molecular flexibility index (Phi) is 12.3. The van der Waals surface area contributed by atoms with Crippen molar-refractivity contribution in [3.05, 3.63) is 77.6 Å². The quantitative estimate of drug-likeness (QED) is 0.261. The molecular weight excluding hydrogens is 631 g/mol. The monoisotopic (exact) mass is 678 g/mol. The minimum atomic E-state index is -0.548. The first-order valence-electron chi connectivity index (χ1n) is 16.8. The highest BCUT2D eigenvalue weighted by molar-refractivity contribution is 6.02. The molecule has 3 amide bonds. The van der Waals surface area contributed by atoms with E-state index < -0.39 is 17.9 Å². The maximum Gasteiger partial charge on any atom is 0.323 e. The lowest BCUT2D eigenvalue weighted by Crippen LogP contribution is -2.47. The molecular formula is C37H47FN4O7. The van der Waals surface area contributed by atoms with Gasteiger partial charge in [0.15, 0.2) is 11.5 Å². The number of carbonyl (C=O) groups excluding carboxylic acids is 2. The van der Waals surface area contributed by atoms with Crippen LogP contribution in [-0.2, 0) is 11.3 Å². The molecule has 0 saturated heterocycles. The minimum absolute atomic E-state index is 0.0915. The topological polar surface area (TPSA) is 122 Å². The number of anilines is 2. The van der Waals surface area contributed by atoms with E-state index >= 15 is 0 Å². The fourth-order valence-electron chi connectivity index (χ4n) is 6.01. The highest BCUT2D eigenvalue weighted by atomic mass is 19.1. The molecule has 264 valence electrons. The molecule has 2 heterocycles. The van der Waals surface area contributed by atoms with E-state index in [0.717, 1.165) is 36.3 Å². The molecule has 0 radical (unpaired) electrons. The first kappa shape index (κ1) is 35.9. The molecule has 2 aliphatic rings. The van der Waals surface area contributed by atoms with E-state index in [1.54, 1.807) is 30.0 Å². The molecule has 0 saturated carbocycles. The number of nitrogens with one attached hydrogen (secondary N) is 2. The van der Waals surface area contributed by atoms with Crippen LogP contribution in [0.2, 0.25) is 0 Å². The second-order valence-electron chi connectivity index (χ2n) is 13.0. The zero-order valence-corrected chi connectivity index (χ0v) is 28.6. The summed E-state index contributed by atoms with van der Waals surface area (Å²) in [6.45, 7) is 8.01. The van der Waals surface area contributed by atoms with Crippen molar-refractivity contribution in [2.24, 2.45) is 5.92 Å². The third-order valence-electron chi connectivity index (χ3n) is 8.79. The summed E-state index contributed by atoms with van der Waals surface area (Å²) < 4.78 is 37.1. The predicted molar refractivity (Wildman–Crippen MR) is 185 cm³/mol. The fraction of sp³-hybridized carbons (Fsp3) is 0.459. The number of fused-ring (bicyclic) bond motifs is 2. The second-order valence-corrected chi connectivity index (χ2v) is 13.0. The number of halogens is 1. The van der Waals surface area contributed by atoms with Crippen LogP contribution in [0.25, 0.3) is 0 Å². The van der Waals surface area contributed by atoms with E-state index in [-0.39, 0.29) is 43.0 Å². The van der Waals surface area contributed by atoms with Gasteiger partial charge in [-0.1, -0.05) is 13.0 Å². The molecule has 4 atom stereocenters. The van der Waals surface area contributed by atoms with Crippen LogP contribution in [0.3, 0.4) is 0 Å². The van der Waals surface area contributed by atoms with Gasteiger partial charge in [-0.15, -0.1) is 0 Å². The Bertz CT molecular complexity index is 1570. The van der Waals surface area contributed by atoms with Gasteiger partial charge in [0, 0.05) is 43.5 Å². The first-order chi connectivity index (χ1) is 23.6. The average molecular weight is 679 g/mol. The standard InChI is InChI=1S/C37H47FN4O7/c1-24-19-42(25(2)22-43)36(44)31-18-30(40-37(45)39-29-11-9-28(38)10-12-29)13-15-32(31)49-26(3)7-5-6-16-46-35(24)21-41(4)20-27-8-14-33-34(17-27)48-23-47-33/h8-15,17-18,24-26,35,43H,5-7,16,19-23H2,1-4H3,(H2,39,40,45)/t24-,25+,26-,35+/m0/s1. The van der Waals surface area contributed by atoms with E-state index in [4.69, 9.17) is 18.9 Å². The zero-order valence-electron chi connectivity index (χ0n) is 28.6. The summed E-state index contributed by atoms with van der Waals surface area (Å²) in [4.78, 5) is 31.0. The smallest absolute Gasteiger partial charge is 0.323 e. The van der Waals surface area contributed by atoms with E-state index in [0.29, 0.717) is 43.4 Å². The number of amides is 3. The number of ether oxygens (including phenoxy) is 4. The third kappa shape index (κ3) is 9.84. The first-order valence-corrected chi connectivity index (χ1v) is 16.8. The summed E-state index contributed by atoms with van der Waals surface area (Å²) in [6.07, 6.45) is 2.13. The molecule has 3 aromatic carbocycles. The number of rotatable bonds is 8. The fourth-order valence-corrected chi connectivity index (χ4v) is 6.01. The van der Waals surface area contributed by atoms with Crippen LogP contribution in [0.1, 0.15) is 56.0 Å². The highest BCUT2D eigenvalue weighted by Crippen LogP contribution is 2.33. The van der Waals surface area contributed by atoms with Crippen LogP contribution < -0.4 is 24.8 Å². The Morgan fingerprint density at radius 3 is 2.49 bits per heavy atom. The Hall–Kier alpha value is -4.39. The molecule has 0 spiro atoms. The Morgan fingerprint density at radius 1 is 1.00 bits per heavy atom. The summed E-state index contributed by atoms with van der Waals surface area (Å²) in [6, 6.07) is 15.3. The van der Waals surface area contributed by atoms with Crippen molar-refractivity contribution in [1.82, 2.24) is 9.80 Å². The van der Waals surface area contributed by atoms with E-state index in [2.05, 4.69) is 22.5 Å². The van der Waals surface area contributed by atoms with Crippen LogP contribution in [-0.4, -0.2) is 85.2 Å². The van der Waals surface area contributed by atoms with Crippen molar-refractivity contribution in [2.45, 2.75) is 64.8 Å². The minimum Gasteiger partial charge on any atom is -0.490 e. The SMILES string of the molecule is C[C@H](CO)N1C[C@H](C)[C@@H](CN(C)Cc2ccc3c(c2)OCO3)OCCCC[C@H](C)Oc2ccc(NC(=O)Nc3ccc(F)cc3)cc2C1=O. The average Bonchev–Trinajstić information content (AvgIpc) is 3.55. The summed E-state index contributed by atoms with van der Waals surface area (Å²) in [5.41, 5.74) is 2.15. The van der Waals surface area contributed by atoms with Crippen LogP contribution in [0, 0.1) is 11.7 Å². The maximum atomic E-state index is 14.4. The lowest BCUT2D eigenvalue weighted by molar-refractivity contribution is -0.0177. The number of nitrogens with zero attached hydrogens (tertiary/aromatic N) is 2. The Labute approximate surface area is 287 Å². The number of aliphatic hydroxyl groups is 1. The molecule has 0 fully saturated rings. The molecule has 0 bridgehead atoms. The van der Waals surface area contributed by atoms with Crippen molar-refractivity contribution >= 4 is 23.3 Å². The van der Waals surface area contributed by atoms with Gasteiger partial charge in [-0.2, -0.15) is 0 Å². The normalized spacial score (nSPS) is 20.6. The number of carbonyl (C=O) groups is 2. The molecule has 0 aliphatic carbocycles. The maximum absolute atomic E-state index is 14.4. The summed E-state index contributed by atoms with van der Waals surface area (Å²) in [7, 11) is 2.04. The lowest BCUT2D eigenvalue weighted by Gasteiger charge is -2.36. The highest BCUT2D eigenvalue weighted by Gasteiger charge is 2.30. The van der Waals surface area contributed by atoms with Crippen LogP contribution in [0.4, 0.5) is 20.6 Å². The molecule has 0 unspecified atom stereocenters. The van der Waals surface area contributed by atoms with Gasteiger partial charge in [0.05, 0.1) is 30.4 Å². The van der Waals surface area contributed by atoms with Gasteiger partial charge in [0.2, 0.25) is 6.79 Å². The summed E-state index contributed by atoms with van der Waals surface area (Å²) in [5, 5.41) is 15.7. The van der Waals surface area contributed by atoms with Crippen molar-refractivity contribution in [3.63, 3.8) is 0 Å². The van der Waals surface area contributed by atoms with Gasteiger partial charge >= 0.3 is 6.03 Å². The number of likely N-dealkylation sites (N-methyl/N-ethyl adjacent to an activating group) is 1. The van der Waals surface area contributed by atoms with E-state index in [1.807, 2.05) is 32.2 Å². The lowest BCUT2D eigenvalue weighted by atomic mass is 10.0. The van der Waals surface area contributed by atoms with E-state index in [1.165, 1.54) is 24.3 Å². The van der Waals surface area contributed by atoms with Crippen LogP contribution >= 0.6 is 0 Å². The van der Waals surface area contributed by atoms with Gasteiger partial charge in [-0.05, 0) is 100 Å². The van der Waals surface area contributed by atoms with Crippen LogP contribution in [0.5, 0.6) is 17.2 Å². The summed E-state index contributed by atoms with van der Waals surface area (Å²) in [5.74, 6) is 1.06. The Balaban J connectivity index is 1.36. The van der Waals surface area contributed by atoms with Crippen molar-refractivity contribution in [2.75, 3.05) is 50.8 Å². The summed E-state index contributed by atoms with van der Waals surface area (Å²) >= 11 is 0. The predicted octanol–water partition coefficient (Wildman–Crippen LogP) is 6.13. The molecule has 0 aromatic heterocycles. The van der Waals surface area contributed by atoms with Gasteiger partial charge in [-0.25, -0.2) is 9.18 Å². The largest absolute Gasteiger partial charge is 0.490 e. The third-order valence-corrected chi connectivity index (χ3v) is 8.79. The molecule has 12 heteroatoms. The molecule has 3 aromatic rings. The van der Waals surface area contributed by atoms with E-state index in [9.17, 15) is 19.1 Å². The van der Waals surface area contributed by atoms with Gasteiger partial charge in [0.1, 0.15) is 11.6 Å². The molecule has 3 N–H and O–H groups in total. The van der Waals surface area contributed by atoms with Gasteiger partial charge in [-0.3, -0.25) is 9.69 Å². The van der Waals surface area contributed by atoms with Gasteiger partial charge in [0.25, 0.3) is 5.91 Å². The van der Waals surface area contributed by atoms with Crippen molar-refractivity contribution in [3.8, 4) is 17.2 Å². The van der Waals surface area contributed by atoms with Crippen molar-refractivity contribution in [1.29, 1.82) is 0 Å². The van der Waals surface area contributed by atoms with Gasteiger partial charge < -0.3 is 39.6 Å². The van der Waals surface area contributed by atoms with Crippen molar-refractivity contribution < 1.29 is 38.0 Å². The number of urea groups is 1. The molecule has 49 heavy (non-hydrogen) atoms. The van der Waals surface area contributed by atoms with Crippen LogP contribution in [0.15, 0.2) is 60.7 Å². The second kappa shape index (κ2) is 16.8. The molecule has 2 aliphatic heterocycles. The zero-order chi connectivity index (χ0) is 34.9. The Morgan fingerprint density at radius 2 is 1.71 bits per heavy atom.